The average molecular weight is 399 g/mol. The van der Waals surface area contributed by atoms with Gasteiger partial charge in [-0.25, -0.2) is 9.97 Å². The number of aromatic nitrogens is 3. The lowest BCUT2D eigenvalue weighted by Gasteiger charge is -2.08. The van der Waals surface area contributed by atoms with Crippen molar-refractivity contribution >= 4 is 39.0 Å². The van der Waals surface area contributed by atoms with Crippen molar-refractivity contribution < 1.29 is 9.47 Å². The Morgan fingerprint density at radius 3 is 2.81 bits per heavy atom. The Balaban J connectivity index is 1.37. The Hall–Kier alpha value is -2.90. The highest BCUT2D eigenvalue weighted by Gasteiger charge is 2.10. The summed E-state index contributed by atoms with van der Waals surface area (Å²) in [6.07, 6.45) is 3.75. The van der Waals surface area contributed by atoms with E-state index in [9.17, 15) is 5.21 Å². The fraction of sp³-hybridized carbons (Fsp3) is 0.105. The van der Waals surface area contributed by atoms with Crippen LogP contribution in [-0.4, -0.2) is 16.5 Å². The minimum atomic E-state index is 0.243. The van der Waals surface area contributed by atoms with Crippen LogP contribution in [0.3, 0.4) is 0 Å². The van der Waals surface area contributed by atoms with E-state index in [1.54, 1.807) is 18.2 Å². The van der Waals surface area contributed by atoms with Gasteiger partial charge >= 0.3 is 5.88 Å². The summed E-state index contributed by atoms with van der Waals surface area (Å²) in [5, 5.41) is 18.3. The summed E-state index contributed by atoms with van der Waals surface area (Å²) in [5.74, 6) is 1.60. The zero-order chi connectivity index (χ0) is 18.6. The van der Waals surface area contributed by atoms with Crippen molar-refractivity contribution in [2.24, 2.45) is 0 Å². The first-order valence-corrected chi connectivity index (χ1v) is 9.53. The lowest BCUT2D eigenvalue weighted by Crippen LogP contribution is -2.26. The molecule has 0 unspecified atom stereocenters. The number of halogens is 1. The number of fused-ring (bicyclic) bond motifs is 1. The number of ether oxygens (including phenoxy) is 1. The van der Waals surface area contributed by atoms with E-state index >= 15 is 0 Å². The third-order valence-electron chi connectivity index (χ3n) is 3.97. The number of nitrogens with one attached hydrogen (secondary N) is 1. The van der Waals surface area contributed by atoms with Gasteiger partial charge < -0.3 is 15.3 Å². The molecule has 0 spiro atoms. The maximum atomic E-state index is 11.6. The number of rotatable bonds is 6. The monoisotopic (exact) mass is 398 g/mol. The topological polar surface area (TPSA) is 74.0 Å². The van der Waals surface area contributed by atoms with Crippen molar-refractivity contribution in [3.8, 4) is 11.6 Å². The molecule has 3 aromatic heterocycles. The summed E-state index contributed by atoms with van der Waals surface area (Å²) in [4.78, 5) is 9.38. The van der Waals surface area contributed by atoms with E-state index < -0.39 is 0 Å². The van der Waals surface area contributed by atoms with Gasteiger partial charge in [-0.2, -0.15) is 0 Å². The van der Waals surface area contributed by atoms with Crippen LogP contribution >= 0.6 is 22.9 Å². The van der Waals surface area contributed by atoms with E-state index in [1.165, 1.54) is 23.9 Å². The van der Waals surface area contributed by atoms with Crippen LogP contribution in [0.5, 0.6) is 11.6 Å². The van der Waals surface area contributed by atoms with Crippen molar-refractivity contribution in [2.75, 3.05) is 11.9 Å². The molecular weight excluding hydrogens is 384 g/mol. The highest BCUT2D eigenvalue weighted by atomic mass is 35.5. The zero-order valence-electron chi connectivity index (χ0n) is 14.1. The molecule has 0 aliphatic carbocycles. The Labute approximate surface area is 164 Å². The van der Waals surface area contributed by atoms with E-state index in [4.69, 9.17) is 16.3 Å². The molecule has 136 valence electrons. The third-order valence-corrected chi connectivity index (χ3v) is 5.28. The highest BCUT2D eigenvalue weighted by Crippen LogP contribution is 2.32. The SMILES string of the molecule is [O-][n+]1ccccc1Oc1ccc(CCNc2ncnc3scc(Cl)c23)cc1. The highest BCUT2D eigenvalue weighted by molar-refractivity contribution is 7.17. The Morgan fingerprint density at radius 2 is 2.00 bits per heavy atom. The molecule has 0 radical (unpaired) electrons. The molecule has 3 heterocycles. The zero-order valence-corrected chi connectivity index (χ0v) is 15.7. The van der Waals surface area contributed by atoms with Crippen LogP contribution < -0.4 is 14.8 Å². The number of anilines is 1. The van der Waals surface area contributed by atoms with Gasteiger partial charge in [-0.3, -0.25) is 0 Å². The molecule has 6 nitrogen and oxygen atoms in total. The van der Waals surface area contributed by atoms with Crippen LogP contribution in [0.1, 0.15) is 5.56 Å². The van der Waals surface area contributed by atoms with Gasteiger partial charge in [-0.1, -0.05) is 23.7 Å². The molecular formula is C19H15ClN4O2S. The van der Waals surface area contributed by atoms with E-state index in [-0.39, 0.29) is 5.88 Å². The molecule has 0 atom stereocenters. The molecule has 1 N–H and O–H groups in total. The van der Waals surface area contributed by atoms with Crippen LogP contribution in [0.2, 0.25) is 5.02 Å². The summed E-state index contributed by atoms with van der Waals surface area (Å²) in [6, 6.07) is 12.7. The van der Waals surface area contributed by atoms with Gasteiger partial charge in [0.2, 0.25) is 0 Å². The van der Waals surface area contributed by atoms with Crippen LogP contribution in [-0.2, 0) is 6.42 Å². The lowest BCUT2D eigenvalue weighted by molar-refractivity contribution is -0.611. The van der Waals surface area contributed by atoms with Crippen LogP contribution in [0, 0.1) is 5.21 Å². The van der Waals surface area contributed by atoms with Gasteiger partial charge in [-0.15, -0.1) is 16.1 Å². The number of benzene rings is 1. The number of thiophene rings is 1. The quantitative estimate of drug-likeness (QED) is 0.384. The second-order valence-electron chi connectivity index (χ2n) is 5.77. The molecule has 1 aromatic carbocycles. The van der Waals surface area contributed by atoms with Gasteiger partial charge in [0.25, 0.3) is 0 Å². The molecule has 4 aromatic rings. The fourth-order valence-corrected chi connectivity index (χ4v) is 3.77. The van der Waals surface area contributed by atoms with Crippen molar-refractivity contribution in [3.63, 3.8) is 0 Å². The number of pyridine rings is 1. The number of nitrogens with zero attached hydrogens (tertiary/aromatic N) is 3. The first kappa shape index (κ1) is 17.5. The van der Waals surface area contributed by atoms with Crippen molar-refractivity contribution in [2.45, 2.75) is 6.42 Å². The maximum absolute atomic E-state index is 11.6. The third kappa shape index (κ3) is 3.94. The molecule has 0 saturated heterocycles. The van der Waals surface area contributed by atoms with E-state index in [2.05, 4.69) is 15.3 Å². The van der Waals surface area contributed by atoms with E-state index in [1.807, 2.05) is 29.6 Å². The molecule has 0 amide bonds. The smallest absolute Gasteiger partial charge is 0.384 e. The second kappa shape index (κ2) is 7.77. The summed E-state index contributed by atoms with van der Waals surface area (Å²) in [5.41, 5.74) is 1.14. The average Bonchev–Trinajstić information content (AvgIpc) is 3.07. The molecule has 0 fully saturated rings. The molecule has 0 saturated carbocycles. The lowest BCUT2D eigenvalue weighted by atomic mass is 10.1. The van der Waals surface area contributed by atoms with Gasteiger partial charge in [0, 0.05) is 18.0 Å². The van der Waals surface area contributed by atoms with Gasteiger partial charge in [0.1, 0.15) is 22.7 Å². The minimum absolute atomic E-state index is 0.243. The summed E-state index contributed by atoms with van der Waals surface area (Å²) in [7, 11) is 0. The van der Waals surface area contributed by atoms with E-state index in [0.29, 0.717) is 22.0 Å². The molecule has 0 aliphatic rings. The first-order chi connectivity index (χ1) is 13.2. The van der Waals surface area contributed by atoms with Crippen LogP contribution in [0.4, 0.5) is 5.82 Å². The van der Waals surface area contributed by atoms with Gasteiger partial charge in [0.15, 0.2) is 6.20 Å². The van der Waals surface area contributed by atoms with Gasteiger partial charge in [0.05, 0.1) is 16.5 Å². The fourth-order valence-electron chi connectivity index (χ4n) is 2.64. The van der Waals surface area contributed by atoms with Crippen molar-refractivity contribution in [3.05, 3.63) is 76.2 Å². The summed E-state index contributed by atoms with van der Waals surface area (Å²) >= 11 is 7.72. The predicted octanol–water partition coefficient (Wildman–Crippen LogP) is 4.43. The largest absolute Gasteiger partial charge is 0.616 e. The van der Waals surface area contributed by atoms with Crippen molar-refractivity contribution in [1.29, 1.82) is 0 Å². The summed E-state index contributed by atoms with van der Waals surface area (Å²) in [6.45, 7) is 0.706. The standard InChI is InChI=1S/C19H15ClN4O2S/c20-15-11-27-19-17(15)18(22-12-23-19)21-9-8-13-4-6-14(7-5-13)26-16-3-1-2-10-24(16)25/h1-7,10-12H,8-9H2,(H,21,22,23). The molecule has 4 rings (SSSR count). The van der Waals surface area contributed by atoms with Crippen molar-refractivity contribution in [1.82, 2.24) is 9.97 Å². The van der Waals surface area contributed by atoms with Gasteiger partial charge in [-0.05, 0) is 30.2 Å². The Bertz CT molecular complexity index is 1070. The molecule has 27 heavy (non-hydrogen) atoms. The second-order valence-corrected chi connectivity index (χ2v) is 7.04. The van der Waals surface area contributed by atoms with Crippen LogP contribution in [0.15, 0.2) is 60.4 Å². The predicted molar refractivity (Wildman–Crippen MR) is 107 cm³/mol. The Kier molecular flexibility index (Phi) is 5.04. The maximum Gasteiger partial charge on any atom is 0.384 e. The van der Waals surface area contributed by atoms with Crippen LogP contribution in [0.25, 0.3) is 10.2 Å². The summed E-state index contributed by atoms with van der Waals surface area (Å²) < 4.78 is 6.29. The van der Waals surface area contributed by atoms with E-state index in [0.717, 1.165) is 28.0 Å². The molecule has 0 aliphatic heterocycles. The number of hydrogen-bond acceptors (Lipinski definition) is 6. The first-order valence-electron chi connectivity index (χ1n) is 8.27. The number of hydrogen-bond donors (Lipinski definition) is 1. The minimum Gasteiger partial charge on any atom is -0.616 e. The Morgan fingerprint density at radius 1 is 1.15 bits per heavy atom. The normalized spacial score (nSPS) is 10.9. The molecule has 0 bridgehead atoms. The molecule has 8 heteroatoms.